The number of hydrogen-bond acceptors (Lipinski definition) is 3. The van der Waals surface area contributed by atoms with Gasteiger partial charge < -0.3 is 9.80 Å². The van der Waals surface area contributed by atoms with Crippen LogP contribution in [0.25, 0.3) is 0 Å². The van der Waals surface area contributed by atoms with Crippen molar-refractivity contribution < 1.29 is 9.59 Å². The number of benzene rings is 2. The lowest BCUT2D eigenvalue weighted by molar-refractivity contribution is -0.136. The van der Waals surface area contributed by atoms with Crippen LogP contribution in [0.2, 0.25) is 0 Å². The molecule has 1 spiro atoms. The van der Waals surface area contributed by atoms with E-state index >= 15 is 0 Å². The Morgan fingerprint density at radius 2 is 1.74 bits per heavy atom. The molecule has 2 aliphatic heterocycles. The Morgan fingerprint density at radius 3 is 2.35 bits per heavy atom. The van der Waals surface area contributed by atoms with E-state index in [0.29, 0.717) is 19.5 Å². The molecule has 2 aliphatic rings. The van der Waals surface area contributed by atoms with Crippen molar-refractivity contribution in [1.82, 2.24) is 15.1 Å². The van der Waals surface area contributed by atoms with E-state index in [1.54, 1.807) is 0 Å². The lowest BCUT2D eigenvalue weighted by atomic mass is 9.93. The minimum atomic E-state index is -0.365. The summed E-state index contributed by atoms with van der Waals surface area (Å²) in [5.41, 5.74) is 2.69. The SMILES string of the molecule is CC[C@H](C)N1C(=O)[C@H](Cc2ccccc2)NC12CCN(C(=O)c1ccc(C)cc1)CC2. The molecule has 31 heavy (non-hydrogen) atoms. The van der Waals surface area contributed by atoms with Gasteiger partial charge in [0, 0.05) is 37.5 Å². The average Bonchev–Trinajstić information content (AvgIpc) is 3.05. The predicted octanol–water partition coefficient (Wildman–Crippen LogP) is 3.77. The van der Waals surface area contributed by atoms with E-state index in [1.165, 1.54) is 5.56 Å². The van der Waals surface area contributed by atoms with Gasteiger partial charge in [-0.1, -0.05) is 55.0 Å². The molecule has 2 amide bonds. The summed E-state index contributed by atoms with van der Waals surface area (Å²) in [6.45, 7) is 7.59. The third-order valence-electron chi connectivity index (χ3n) is 6.93. The molecule has 0 aromatic heterocycles. The van der Waals surface area contributed by atoms with Gasteiger partial charge in [0.25, 0.3) is 5.91 Å². The van der Waals surface area contributed by atoms with Crippen LogP contribution in [-0.4, -0.2) is 52.5 Å². The second-order valence-corrected chi connectivity index (χ2v) is 9.04. The van der Waals surface area contributed by atoms with Crippen molar-refractivity contribution in [3.05, 3.63) is 71.3 Å². The highest BCUT2D eigenvalue weighted by Gasteiger charge is 2.52. The minimum Gasteiger partial charge on any atom is -0.338 e. The predicted molar refractivity (Wildman–Crippen MR) is 123 cm³/mol. The van der Waals surface area contributed by atoms with Crippen LogP contribution in [0.4, 0.5) is 0 Å². The summed E-state index contributed by atoms with van der Waals surface area (Å²) in [5.74, 6) is 0.270. The fourth-order valence-electron chi connectivity index (χ4n) is 4.99. The van der Waals surface area contributed by atoms with Crippen molar-refractivity contribution in [3.8, 4) is 0 Å². The number of piperidine rings is 1. The van der Waals surface area contributed by atoms with Gasteiger partial charge in [-0.25, -0.2) is 0 Å². The van der Waals surface area contributed by atoms with Crippen molar-refractivity contribution in [2.75, 3.05) is 13.1 Å². The molecule has 2 aromatic rings. The van der Waals surface area contributed by atoms with Gasteiger partial charge in [0.2, 0.25) is 5.91 Å². The number of carbonyl (C=O) groups is 2. The second-order valence-electron chi connectivity index (χ2n) is 9.04. The van der Waals surface area contributed by atoms with Crippen molar-refractivity contribution in [3.63, 3.8) is 0 Å². The monoisotopic (exact) mass is 419 g/mol. The van der Waals surface area contributed by atoms with Crippen LogP contribution in [0.15, 0.2) is 54.6 Å². The third kappa shape index (κ3) is 4.24. The highest BCUT2D eigenvalue weighted by Crippen LogP contribution is 2.36. The van der Waals surface area contributed by atoms with Crippen molar-refractivity contribution >= 4 is 11.8 Å². The van der Waals surface area contributed by atoms with E-state index in [4.69, 9.17) is 0 Å². The van der Waals surface area contributed by atoms with Gasteiger partial charge in [0.15, 0.2) is 0 Å². The number of rotatable bonds is 5. The maximum atomic E-state index is 13.4. The normalized spacial score (nSPS) is 21.5. The van der Waals surface area contributed by atoms with Crippen LogP contribution in [-0.2, 0) is 11.2 Å². The molecule has 0 bridgehead atoms. The lowest BCUT2D eigenvalue weighted by Crippen LogP contribution is -2.61. The first-order valence-corrected chi connectivity index (χ1v) is 11.4. The number of likely N-dealkylation sites (tertiary alicyclic amines) is 1. The van der Waals surface area contributed by atoms with Gasteiger partial charge >= 0.3 is 0 Å². The first-order chi connectivity index (χ1) is 14.9. The third-order valence-corrected chi connectivity index (χ3v) is 6.93. The van der Waals surface area contributed by atoms with E-state index in [0.717, 1.165) is 30.4 Å². The average molecular weight is 420 g/mol. The van der Waals surface area contributed by atoms with Crippen molar-refractivity contribution in [2.24, 2.45) is 0 Å². The van der Waals surface area contributed by atoms with Gasteiger partial charge in [-0.05, 0) is 44.4 Å². The minimum absolute atomic E-state index is 0.0788. The van der Waals surface area contributed by atoms with E-state index in [2.05, 4.69) is 36.2 Å². The summed E-state index contributed by atoms with van der Waals surface area (Å²) >= 11 is 0. The molecule has 0 radical (unpaired) electrons. The van der Waals surface area contributed by atoms with Crippen LogP contribution in [0.5, 0.6) is 0 Å². The fourth-order valence-corrected chi connectivity index (χ4v) is 4.99. The summed E-state index contributed by atoms with van der Waals surface area (Å²) in [7, 11) is 0. The van der Waals surface area contributed by atoms with Crippen LogP contribution < -0.4 is 5.32 Å². The molecule has 1 N–H and O–H groups in total. The first-order valence-electron chi connectivity index (χ1n) is 11.4. The molecule has 0 unspecified atom stereocenters. The second kappa shape index (κ2) is 8.83. The van der Waals surface area contributed by atoms with Gasteiger partial charge in [0.1, 0.15) is 0 Å². The van der Waals surface area contributed by atoms with Gasteiger partial charge in [-0.15, -0.1) is 0 Å². The molecule has 2 atom stereocenters. The topological polar surface area (TPSA) is 52.7 Å². The summed E-state index contributed by atoms with van der Waals surface area (Å²) in [6.07, 6.45) is 3.12. The Kier molecular flexibility index (Phi) is 6.15. The Labute approximate surface area is 185 Å². The number of nitrogens with one attached hydrogen (secondary N) is 1. The molecule has 164 valence electrons. The quantitative estimate of drug-likeness (QED) is 0.803. The summed E-state index contributed by atoms with van der Waals surface area (Å²) < 4.78 is 0. The zero-order chi connectivity index (χ0) is 22.0. The number of aryl methyl sites for hydroxylation is 1. The molecule has 2 aromatic carbocycles. The van der Waals surface area contributed by atoms with Crippen LogP contribution in [0.3, 0.4) is 0 Å². The molecule has 5 heteroatoms. The van der Waals surface area contributed by atoms with Gasteiger partial charge in [0.05, 0.1) is 11.7 Å². The molecular formula is C26H33N3O2. The Morgan fingerprint density at radius 1 is 1.10 bits per heavy atom. The lowest BCUT2D eigenvalue weighted by Gasteiger charge is -2.46. The van der Waals surface area contributed by atoms with Gasteiger partial charge in [-0.2, -0.15) is 0 Å². The maximum absolute atomic E-state index is 13.4. The first kappa shape index (κ1) is 21.6. The van der Waals surface area contributed by atoms with E-state index in [-0.39, 0.29) is 29.6 Å². The summed E-state index contributed by atoms with van der Waals surface area (Å²) in [5, 5.41) is 3.72. The fraction of sp³-hybridized carbons (Fsp3) is 0.462. The molecule has 2 heterocycles. The Hall–Kier alpha value is -2.66. The van der Waals surface area contributed by atoms with E-state index < -0.39 is 0 Å². The zero-order valence-electron chi connectivity index (χ0n) is 18.8. The number of amides is 2. The maximum Gasteiger partial charge on any atom is 0.253 e. The van der Waals surface area contributed by atoms with Crippen LogP contribution in [0, 0.1) is 6.92 Å². The van der Waals surface area contributed by atoms with E-state index in [9.17, 15) is 9.59 Å². The van der Waals surface area contributed by atoms with Crippen molar-refractivity contribution in [2.45, 2.75) is 64.2 Å². The standard InChI is InChI=1S/C26H33N3O2/c1-4-20(3)29-25(31)23(18-21-8-6-5-7-9-21)27-26(29)14-16-28(17-15-26)24(30)22-12-10-19(2)11-13-22/h5-13,20,23,27H,4,14-18H2,1-3H3/t20-,23-/m0/s1. The van der Waals surface area contributed by atoms with Gasteiger partial charge in [-0.3, -0.25) is 14.9 Å². The largest absolute Gasteiger partial charge is 0.338 e. The molecule has 4 rings (SSSR count). The molecule has 2 saturated heterocycles. The summed E-state index contributed by atoms with van der Waals surface area (Å²) in [6, 6.07) is 17.9. The van der Waals surface area contributed by atoms with Crippen LogP contribution >= 0.6 is 0 Å². The smallest absolute Gasteiger partial charge is 0.253 e. The molecule has 0 saturated carbocycles. The Balaban J connectivity index is 1.50. The van der Waals surface area contributed by atoms with E-state index in [1.807, 2.05) is 54.3 Å². The summed E-state index contributed by atoms with van der Waals surface area (Å²) in [4.78, 5) is 30.4. The van der Waals surface area contributed by atoms with Crippen molar-refractivity contribution in [1.29, 1.82) is 0 Å². The van der Waals surface area contributed by atoms with Crippen LogP contribution in [0.1, 0.15) is 54.6 Å². The highest BCUT2D eigenvalue weighted by atomic mass is 16.2. The Bertz CT molecular complexity index is 917. The zero-order valence-corrected chi connectivity index (χ0v) is 18.8. The molecule has 5 nitrogen and oxygen atoms in total. The number of hydrogen-bond donors (Lipinski definition) is 1. The molecule has 2 fully saturated rings. The number of carbonyl (C=O) groups excluding carboxylic acids is 2. The molecule has 0 aliphatic carbocycles. The molecular weight excluding hydrogens is 386 g/mol. The highest BCUT2D eigenvalue weighted by molar-refractivity contribution is 5.94. The number of nitrogens with zero attached hydrogens (tertiary/aromatic N) is 2.